The van der Waals surface area contributed by atoms with Gasteiger partial charge >= 0.3 is 0 Å². The van der Waals surface area contributed by atoms with Gasteiger partial charge in [-0.15, -0.1) is 0 Å². The summed E-state index contributed by atoms with van der Waals surface area (Å²) < 4.78 is 28.6. The van der Waals surface area contributed by atoms with E-state index in [4.69, 9.17) is 0 Å². The molecule has 2 aromatic carbocycles. The summed E-state index contributed by atoms with van der Waals surface area (Å²) in [4.78, 5) is 24.9. The van der Waals surface area contributed by atoms with E-state index >= 15 is 0 Å². The molecule has 2 amide bonds. The van der Waals surface area contributed by atoms with Crippen molar-refractivity contribution in [3.63, 3.8) is 0 Å². The van der Waals surface area contributed by atoms with Crippen LogP contribution in [0.5, 0.6) is 0 Å². The Morgan fingerprint density at radius 2 is 1.53 bits per heavy atom. The summed E-state index contributed by atoms with van der Waals surface area (Å²) in [6, 6.07) is 16.1. The number of nitrogens with one attached hydrogen (secondary N) is 2. The van der Waals surface area contributed by atoms with Gasteiger partial charge in [-0.05, 0) is 53.2 Å². The van der Waals surface area contributed by atoms with E-state index in [1.54, 1.807) is 12.1 Å². The topological polar surface area (TPSA) is 95.6 Å². The first kappa shape index (κ1) is 26.1. The average Bonchev–Trinajstić information content (AvgIpc) is 3.60. The molecule has 1 aliphatic heterocycles. The van der Waals surface area contributed by atoms with Gasteiger partial charge in [0, 0.05) is 36.7 Å². The van der Waals surface area contributed by atoms with Gasteiger partial charge in [0.25, 0.3) is 5.91 Å². The van der Waals surface area contributed by atoms with Crippen LogP contribution in [0.25, 0.3) is 0 Å². The number of hydrogen-bond donors (Lipinski definition) is 2. The van der Waals surface area contributed by atoms with Crippen LogP contribution in [0.3, 0.4) is 0 Å². The summed E-state index contributed by atoms with van der Waals surface area (Å²) in [5.41, 5.74) is 0.627. The molecule has 2 atom stereocenters. The number of amides is 2. The zero-order chi connectivity index (χ0) is 26.3. The fourth-order valence-electron chi connectivity index (χ4n) is 5.57. The second kappa shape index (κ2) is 9.48. The third-order valence-corrected chi connectivity index (χ3v) is 9.10. The van der Waals surface area contributed by atoms with Crippen LogP contribution < -0.4 is 10.6 Å². The number of hydrogen-bond acceptors (Lipinski definition) is 4. The Kier molecular flexibility index (Phi) is 6.88. The van der Waals surface area contributed by atoms with Gasteiger partial charge in [-0.3, -0.25) is 9.59 Å². The second-order valence-electron chi connectivity index (χ2n) is 11.3. The van der Waals surface area contributed by atoms with Crippen molar-refractivity contribution < 1.29 is 18.0 Å². The summed E-state index contributed by atoms with van der Waals surface area (Å²) >= 11 is 0. The Labute approximate surface area is 214 Å². The standard InChI is InChI=1S/C28H35N3O4S/c1-6-24(32)30-26-27(2,3)17-31(18-28(26,4)5)36(34,35)21-14-12-20(13-15-21)25(33)29-23-16-22(23)19-10-8-7-9-11-19/h6-15,22-23,26H,1,16-18H2,2-5H3,(H,29,33)(H,30,32)/t22?,23-/m1/s1. The Hall–Kier alpha value is -2.97. The molecular formula is C28H35N3O4S. The van der Waals surface area contributed by atoms with Crippen molar-refractivity contribution in [3.8, 4) is 0 Å². The predicted octanol–water partition coefficient (Wildman–Crippen LogP) is 3.70. The molecular weight excluding hydrogens is 474 g/mol. The number of benzene rings is 2. The van der Waals surface area contributed by atoms with Gasteiger partial charge in [-0.2, -0.15) is 4.31 Å². The molecule has 7 nitrogen and oxygen atoms in total. The van der Waals surface area contributed by atoms with Crippen LogP contribution >= 0.6 is 0 Å². The van der Waals surface area contributed by atoms with Gasteiger partial charge in [0.05, 0.1) is 4.90 Å². The molecule has 36 heavy (non-hydrogen) atoms. The van der Waals surface area contributed by atoms with Gasteiger partial charge < -0.3 is 10.6 Å². The van der Waals surface area contributed by atoms with Crippen LogP contribution in [0.1, 0.15) is 56.0 Å². The molecule has 1 unspecified atom stereocenters. The molecule has 4 rings (SSSR count). The highest BCUT2D eigenvalue weighted by Crippen LogP contribution is 2.42. The molecule has 0 bridgehead atoms. The number of nitrogens with zero attached hydrogens (tertiary/aromatic N) is 1. The first-order chi connectivity index (χ1) is 16.8. The van der Waals surface area contributed by atoms with Crippen molar-refractivity contribution in [1.82, 2.24) is 14.9 Å². The van der Waals surface area contributed by atoms with Gasteiger partial charge in [-0.25, -0.2) is 8.42 Å². The summed E-state index contributed by atoms with van der Waals surface area (Å²) in [6.07, 6.45) is 2.13. The lowest BCUT2D eigenvalue weighted by atomic mass is 9.67. The monoisotopic (exact) mass is 509 g/mol. The molecule has 2 N–H and O–H groups in total. The Morgan fingerprint density at radius 1 is 0.944 bits per heavy atom. The van der Waals surface area contributed by atoms with Crippen molar-refractivity contribution in [3.05, 3.63) is 78.4 Å². The van der Waals surface area contributed by atoms with E-state index in [-0.39, 0.29) is 41.9 Å². The molecule has 2 aliphatic rings. The molecule has 1 aliphatic carbocycles. The fourth-order valence-corrected chi connectivity index (χ4v) is 7.35. The number of carbonyl (C=O) groups excluding carboxylic acids is 2. The minimum atomic E-state index is -3.79. The summed E-state index contributed by atoms with van der Waals surface area (Å²) in [7, 11) is -3.79. The lowest BCUT2D eigenvalue weighted by Gasteiger charge is -2.52. The molecule has 192 valence electrons. The number of carbonyl (C=O) groups is 2. The molecule has 8 heteroatoms. The van der Waals surface area contributed by atoms with E-state index in [2.05, 4.69) is 29.3 Å². The molecule has 1 saturated carbocycles. The number of sulfonamides is 1. The first-order valence-electron chi connectivity index (χ1n) is 12.2. The Bertz CT molecular complexity index is 1240. The van der Waals surface area contributed by atoms with Crippen molar-refractivity contribution in [1.29, 1.82) is 0 Å². The third-order valence-electron chi connectivity index (χ3n) is 7.29. The molecule has 0 aromatic heterocycles. The number of piperidine rings is 1. The van der Waals surface area contributed by atoms with Crippen molar-refractivity contribution >= 4 is 21.8 Å². The second-order valence-corrected chi connectivity index (χ2v) is 13.2. The van der Waals surface area contributed by atoms with Crippen LogP contribution in [0.4, 0.5) is 0 Å². The SMILES string of the molecule is C=CC(=O)NC1C(C)(C)CN(S(=O)(=O)c2ccc(C(=O)N[C@@H]3CC3c3ccccc3)cc2)CC1(C)C. The Balaban J connectivity index is 1.45. The molecule has 2 fully saturated rings. The molecule has 0 spiro atoms. The van der Waals surface area contributed by atoms with Crippen LogP contribution in [-0.4, -0.2) is 49.7 Å². The quantitative estimate of drug-likeness (QED) is 0.557. The third kappa shape index (κ3) is 5.25. The first-order valence-corrected chi connectivity index (χ1v) is 13.7. The summed E-state index contributed by atoms with van der Waals surface area (Å²) in [6.45, 7) is 11.9. The van der Waals surface area contributed by atoms with E-state index in [0.29, 0.717) is 11.5 Å². The maximum Gasteiger partial charge on any atom is 0.251 e. The Morgan fingerprint density at radius 3 is 2.08 bits per heavy atom. The highest BCUT2D eigenvalue weighted by atomic mass is 32.2. The zero-order valence-corrected chi connectivity index (χ0v) is 22.1. The predicted molar refractivity (Wildman–Crippen MR) is 140 cm³/mol. The van der Waals surface area contributed by atoms with E-state index in [0.717, 1.165) is 6.42 Å². The van der Waals surface area contributed by atoms with Crippen molar-refractivity contribution in [2.24, 2.45) is 10.8 Å². The van der Waals surface area contributed by atoms with Gasteiger partial charge in [-0.1, -0.05) is 64.6 Å². The maximum absolute atomic E-state index is 13.5. The number of rotatable bonds is 7. The lowest BCUT2D eigenvalue weighted by Crippen LogP contribution is -2.64. The normalized spacial score (nSPS) is 23.4. The maximum atomic E-state index is 13.5. The molecule has 0 radical (unpaired) electrons. The van der Waals surface area contributed by atoms with Crippen LogP contribution in [0, 0.1) is 10.8 Å². The highest BCUT2D eigenvalue weighted by Gasteiger charge is 2.50. The van der Waals surface area contributed by atoms with E-state index in [9.17, 15) is 18.0 Å². The highest BCUT2D eigenvalue weighted by molar-refractivity contribution is 7.89. The van der Waals surface area contributed by atoms with Gasteiger partial charge in [0.15, 0.2) is 0 Å². The van der Waals surface area contributed by atoms with Gasteiger partial charge in [0.2, 0.25) is 15.9 Å². The van der Waals surface area contributed by atoms with E-state index < -0.39 is 20.9 Å². The van der Waals surface area contributed by atoms with Crippen LogP contribution in [0.2, 0.25) is 0 Å². The van der Waals surface area contributed by atoms with Crippen molar-refractivity contribution in [2.45, 2.75) is 57.0 Å². The minimum Gasteiger partial charge on any atom is -0.349 e. The molecule has 1 saturated heterocycles. The zero-order valence-electron chi connectivity index (χ0n) is 21.3. The fraction of sp³-hybridized carbons (Fsp3) is 0.429. The lowest BCUT2D eigenvalue weighted by molar-refractivity contribution is -0.120. The summed E-state index contributed by atoms with van der Waals surface area (Å²) in [5.74, 6) is -0.156. The smallest absolute Gasteiger partial charge is 0.251 e. The summed E-state index contributed by atoms with van der Waals surface area (Å²) in [5, 5.41) is 6.04. The largest absolute Gasteiger partial charge is 0.349 e. The molecule has 2 aromatic rings. The van der Waals surface area contributed by atoms with Crippen molar-refractivity contribution in [2.75, 3.05) is 13.1 Å². The van der Waals surface area contributed by atoms with E-state index in [1.807, 2.05) is 45.9 Å². The van der Waals surface area contributed by atoms with Crippen LogP contribution in [0.15, 0.2) is 72.1 Å². The van der Waals surface area contributed by atoms with Crippen LogP contribution in [-0.2, 0) is 14.8 Å². The minimum absolute atomic E-state index is 0.0932. The van der Waals surface area contributed by atoms with E-state index in [1.165, 1.54) is 28.1 Å². The molecule has 1 heterocycles. The van der Waals surface area contributed by atoms with Gasteiger partial charge in [0.1, 0.15) is 0 Å². The average molecular weight is 510 g/mol.